The average Bonchev–Trinajstić information content (AvgIpc) is 3.17. The fraction of sp³-hybridized carbons (Fsp3) is 0.500. The molecule has 1 aliphatic heterocycles. The standard InChI is InChI=1S/C20H26N4O/c1-13(2)19(20-14(3)15-8-4-5-9-16(15)25-20)21-12-18-23-22-17-10-6-7-11-24(17)18/h4-5,8-9,13,19,21H,6-7,10-12H2,1-3H3. The van der Waals surface area contributed by atoms with E-state index in [1.165, 1.54) is 23.8 Å². The van der Waals surface area contributed by atoms with Gasteiger partial charge in [0.05, 0.1) is 12.6 Å². The first-order valence-corrected chi connectivity index (χ1v) is 9.27. The SMILES string of the molecule is Cc1c(C(NCc2nnc3n2CCCC3)C(C)C)oc2ccccc12. The van der Waals surface area contributed by atoms with Crippen LogP contribution in [0.1, 0.15) is 55.7 Å². The van der Waals surface area contributed by atoms with E-state index in [1.807, 2.05) is 12.1 Å². The van der Waals surface area contributed by atoms with Gasteiger partial charge in [0.2, 0.25) is 0 Å². The maximum Gasteiger partial charge on any atom is 0.147 e. The summed E-state index contributed by atoms with van der Waals surface area (Å²) in [6, 6.07) is 8.41. The van der Waals surface area contributed by atoms with Crippen LogP contribution in [-0.2, 0) is 19.5 Å². The molecule has 1 aromatic carbocycles. The van der Waals surface area contributed by atoms with Gasteiger partial charge in [-0.2, -0.15) is 0 Å². The van der Waals surface area contributed by atoms with Crippen LogP contribution in [0.4, 0.5) is 0 Å². The number of rotatable bonds is 5. The van der Waals surface area contributed by atoms with E-state index in [9.17, 15) is 0 Å². The van der Waals surface area contributed by atoms with Crippen molar-refractivity contribution in [3.05, 3.63) is 47.2 Å². The van der Waals surface area contributed by atoms with Gasteiger partial charge in [-0.05, 0) is 37.3 Å². The highest BCUT2D eigenvalue weighted by atomic mass is 16.3. The Kier molecular flexibility index (Phi) is 4.34. The van der Waals surface area contributed by atoms with Gasteiger partial charge in [0.1, 0.15) is 23.0 Å². The maximum absolute atomic E-state index is 6.20. The Morgan fingerprint density at radius 2 is 2.04 bits per heavy atom. The lowest BCUT2D eigenvalue weighted by Gasteiger charge is -2.22. The quantitative estimate of drug-likeness (QED) is 0.759. The molecule has 1 atom stereocenters. The van der Waals surface area contributed by atoms with E-state index in [0.717, 1.165) is 36.0 Å². The second kappa shape index (κ2) is 6.64. The van der Waals surface area contributed by atoms with E-state index < -0.39 is 0 Å². The zero-order chi connectivity index (χ0) is 17.4. The molecule has 25 heavy (non-hydrogen) atoms. The van der Waals surface area contributed by atoms with Crippen molar-refractivity contribution in [3.8, 4) is 0 Å². The minimum atomic E-state index is 0.156. The van der Waals surface area contributed by atoms with Crippen molar-refractivity contribution >= 4 is 11.0 Å². The van der Waals surface area contributed by atoms with Crippen molar-refractivity contribution in [2.45, 2.75) is 59.2 Å². The number of nitrogens with zero attached hydrogens (tertiary/aromatic N) is 3. The van der Waals surface area contributed by atoms with Crippen molar-refractivity contribution < 1.29 is 4.42 Å². The lowest BCUT2D eigenvalue weighted by atomic mass is 9.98. The first kappa shape index (κ1) is 16.3. The second-order valence-electron chi connectivity index (χ2n) is 7.33. The zero-order valence-corrected chi connectivity index (χ0v) is 15.2. The van der Waals surface area contributed by atoms with Crippen LogP contribution in [0.15, 0.2) is 28.7 Å². The molecule has 0 spiro atoms. The fourth-order valence-corrected chi connectivity index (χ4v) is 3.82. The van der Waals surface area contributed by atoms with Gasteiger partial charge in [0.25, 0.3) is 0 Å². The minimum absolute atomic E-state index is 0.156. The molecule has 0 amide bonds. The summed E-state index contributed by atoms with van der Waals surface area (Å²) >= 11 is 0. The number of nitrogens with one attached hydrogen (secondary N) is 1. The predicted octanol–water partition coefficient (Wildman–Crippen LogP) is 4.16. The summed E-state index contributed by atoms with van der Waals surface area (Å²) < 4.78 is 8.48. The summed E-state index contributed by atoms with van der Waals surface area (Å²) in [4.78, 5) is 0. The summed E-state index contributed by atoms with van der Waals surface area (Å²) in [6.07, 6.45) is 3.48. The van der Waals surface area contributed by atoms with Crippen LogP contribution < -0.4 is 5.32 Å². The van der Waals surface area contributed by atoms with Crippen molar-refractivity contribution in [1.82, 2.24) is 20.1 Å². The van der Waals surface area contributed by atoms with Gasteiger partial charge in [-0.25, -0.2) is 0 Å². The van der Waals surface area contributed by atoms with Crippen LogP contribution in [0.2, 0.25) is 0 Å². The van der Waals surface area contributed by atoms with Gasteiger partial charge < -0.3 is 14.3 Å². The van der Waals surface area contributed by atoms with Crippen LogP contribution >= 0.6 is 0 Å². The van der Waals surface area contributed by atoms with Gasteiger partial charge in [0, 0.05) is 18.4 Å². The van der Waals surface area contributed by atoms with Gasteiger partial charge in [0.15, 0.2) is 0 Å². The predicted molar refractivity (Wildman–Crippen MR) is 98.3 cm³/mol. The Balaban J connectivity index is 1.59. The molecule has 5 heteroatoms. The molecule has 1 aliphatic rings. The summed E-state index contributed by atoms with van der Waals surface area (Å²) in [5.74, 6) is 3.62. The molecule has 0 bridgehead atoms. The Morgan fingerprint density at radius 3 is 2.84 bits per heavy atom. The first-order chi connectivity index (χ1) is 12.1. The molecule has 4 rings (SSSR count). The van der Waals surface area contributed by atoms with Crippen LogP contribution in [0, 0.1) is 12.8 Å². The molecule has 1 unspecified atom stereocenters. The van der Waals surface area contributed by atoms with Gasteiger partial charge in [-0.15, -0.1) is 10.2 Å². The van der Waals surface area contributed by atoms with Crippen molar-refractivity contribution in [2.75, 3.05) is 0 Å². The Morgan fingerprint density at radius 1 is 1.20 bits per heavy atom. The van der Waals surface area contributed by atoms with Crippen molar-refractivity contribution in [3.63, 3.8) is 0 Å². The highest BCUT2D eigenvalue weighted by Crippen LogP contribution is 2.33. The smallest absolute Gasteiger partial charge is 0.147 e. The van der Waals surface area contributed by atoms with Crippen LogP contribution in [0.5, 0.6) is 0 Å². The highest BCUT2D eigenvalue weighted by molar-refractivity contribution is 5.82. The molecule has 3 aromatic rings. The number of aromatic nitrogens is 3. The molecule has 1 N–H and O–H groups in total. The third-order valence-corrected chi connectivity index (χ3v) is 5.25. The average molecular weight is 338 g/mol. The number of aryl methyl sites for hydroxylation is 2. The largest absolute Gasteiger partial charge is 0.459 e. The first-order valence-electron chi connectivity index (χ1n) is 9.27. The molecule has 0 saturated carbocycles. The van der Waals surface area contributed by atoms with Gasteiger partial charge >= 0.3 is 0 Å². The number of para-hydroxylation sites is 1. The minimum Gasteiger partial charge on any atom is -0.459 e. The summed E-state index contributed by atoms with van der Waals surface area (Å²) in [6.45, 7) is 8.35. The topological polar surface area (TPSA) is 55.9 Å². The molecular formula is C20H26N4O. The maximum atomic E-state index is 6.20. The molecule has 0 saturated heterocycles. The fourth-order valence-electron chi connectivity index (χ4n) is 3.82. The van der Waals surface area contributed by atoms with Gasteiger partial charge in [-0.1, -0.05) is 32.0 Å². The molecule has 0 aliphatic carbocycles. The Bertz CT molecular complexity index is 877. The van der Waals surface area contributed by atoms with E-state index in [4.69, 9.17) is 4.42 Å². The number of hydrogen-bond acceptors (Lipinski definition) is 4. The third kappa shape index (κ3) is 2.97. The monoisotopic (exact) mass is 338 g/mol. The third-order valence-electron chi connectivity index (χ3n) is 5.25. The molecule has 132 valence electrons. The second-order valence-corrected chi connectivity index (χ2v) is 7.33. The molecule has 5 nitrogen and oxygen atoms in total. The van der Waals surface area contributed by atoms with E-state index in [2.05, 4.69) is 53.0 Å². The lowest BCUT2D eigenvalue weighted by molar-refractivity contribution is 0.340. The zero-order valence-electron chi connectivity index (χ0n) is 15.2. The van der Waals surface area contributed by atoms with E-state index >= 15 is 0 Å². The van der Waals surface area contributed by atoms with E-state index in [-0.39, 0.29) is 6.04 Å². The van der Waals surface area contributed by atoms with Crippen molar-refractivity contribution in [2.24, 2.45) is 5.92 Å². The summed E-state index contributed by atoms with van der Waals surface area (Å²) in [7, 11) is 0. The molecule has 0 fully saturated rings. The normalized spacial score (nSPS) is 15.7. The summed E-state index contributed by atoms with van der Waals surface area (Å²) in [5.41, 5.74) is 2.19. The molecule has 3 heterocycles. The van der Waals surface area contributed by atoms with Crippen LogP contribution in [0.25, 0.3) is 11.0 Å². The number of furan rings is 1. The lowest BCUT2D eigenvalue weighted by Crippen LogP contribution is -2.27. The van der Waals surface area contributed by atoms with E-state index in [0.29, 0.717) is 12.5 Å². The number of fused-ring (bicyclic) bond motifs is 2. The Labute approximate surface area is 148 Å². The van der Waals surface area contributed by atoms with Crippen LogP contribution in [0.3, 0.4) is 0 Å². The highest BCUT2D eigenvalue weighted by Gasteiger charge is 2.24. The summed E-state index contributed by atoms with van der Waals surface area (Å²) in [5, 5.41) is 13.6. The van der Waals surface area contributed by atoms with Gasteiger partial charge in [-0.3, -0.25) is 0 Å². The van der Waals surface area contributed by atoms with E-state index in [1.54, 1.807) is 0 Å². The molecular weight excluding hydrogens is 312 g/mol. The number of benzene rings is 1. The number of hydrogen-bond donors (Lipinski definition) is 1. The van der Waals surface area contributed by atoms with Crippen molar-refractivity contribution in [1.29, 1.82) is 0 Å². The van der Waals surface area contributed by atoms with Crippen LogP contribution in [-0.4, -0.2) is 14.8 Å². The molecule has 0 radical (unpaired) electrons. The Hall–Kier alpha value is -2.14. The molecule has 2 aromatic heterocycles.